The van der Waals surface area contributed by atoms with Gasteiger partial charge in [-0.25, -0.2) is 8.91 Å². The number of carbonyl (C=O) groups excluding carboxylic acids is 1. The molecule has 2 aliphatic heterocycles. The number of amides is 1. The van der Waals surface area contributed by atoms with Gasteiger partial charge < -0.3 is 9.80 Å². The number of rotatable bonds is 3. The van der Waals surface area contributed by atoms with Gasteiger partial charge in [-0.2, -0.15) is 18.3 Å². The summed E-state index contributed by atoms with van der Waals surface area (Å²) >= 11 is 0. The molecule has 2 bridgehead atoms. The summed E-state index contributed by atoms with van der Waals surface area (Å²) in [5.74, 6) is -0.507. The molecule has 1 amide bonds. The Morgan fingerprint density at radius 3 is 2.39 bits per heavy atom. The average Bonchev–Trinajstić information content (AvgIpc) is 3.25. The van der Waals surface area contributed by atoms with Gasteiger partial charge in [0.1, 0.15) is 11.9 Å². The van der Waals surface area contributed by atoms with Crippen molar-refractivity contribution in [3.05, 3.63) is 48.5 Å². The van der Waals surface area contributed by atoms with Crippen molar-refractivity contribution in [1.82, 2.24) is 19.5 Å². The quantitative estimate of drug-likeness (QED) is 0.557. The fourth-order valence-electron chi connectivity index (χ4n) is 5.23. The van der Waals surface area contributed by atoms with Gasteiger partial charge in [0.25, 0.3) is 0 Å². The maximum Gasteiger partial charge on any atom is 0.433 e. The first kappa shape index (κ1) is 20.4. The molecular formula is C23H21F4N5O. The van der Waals surface area contributed by atoms with Crippen LogP contribution in [0.25, 0.3) is 16.6 Å². The predicted molar refractivity (Wildman–Crippen MR) is 112 cm³/mol. The fourth-order valence-corrected chi connectivity index (χ4v) is 5.23. The number of hydrogen-bond acceptors (Lipinski definition) is 4. The average molecular weight is 459 g/mol. The van der Waals surface area contributed by atoms with Crippen LogP contribution in [0.4, 0.5) is 23.2 Å². The van der Waals surface area contributed by atoms with Crippen LogP contribution in [0, 0.1) is 5.92 Å². The van der Waals surface area contributed by atoms with Crippen molar-refractivity contribution < 1.29 is 22.4 Å². The van der Waals surface area contributed by atoms with Crippen LogP contribution in [0.3, 0.4) is 0 Å². The molecule has 3 aromatic heterocycles. The van der Waals surface area contributed by atoms with Crippen LogP contribution in [0.5, 0.6) is 0 Å². The standard InChI is InChI=1S/C23H21F4N5O/c24-18-8-17(18)22(33)32-15-2-3-16(32)12-30(11-15)19-5-6-29-31-10-14(7-20(19)31)13-1-4-21(28-9-13)23(25,26)27/h1,4-7,9-10,15-18H,2-3,8,11-12H2/t15?,16?,17-,18-/m1/s1. The number of pyridine rings is 1. The Bertz CT molecular complexity index is 1210. The zero-order chi connectivity index (χ0) is 22.9. The highest BCUT2D eigenvalue weighted by atomic mass is 19.4. The molecule has 172 valence electrons. The predicted octanol–water partition coefficient (Wildman–Crippen LogP) is 3.95. The summed E-state index contributed by atoms with van der Waals surface area (Å²) in [4.78, 5) is 20.4. The Labute approximate surface area is 186 Å². The summed E-state index contributed by atoms with van der Waals surface area (Å²) in [5, 5.41) is 4.36. The Balaban J connectivity index is 1.28. The highest BCUT2D eigenvalue weighted by molar-refractivity contribution is 5.84. The molecule has 0 N–H and O–H groups in total. The molecule has 2 unspecified atom stereocenters. The van der Waals surface area contributed by atoms with E-state index >= 15 is 0 Å². The molecule has 0 radical (unpaired) electrons. The van der Waals surface area contributed by atoms with E-state index in [1.54, 1.807) is 16.9 Å². The van der Waals surface area contributed by atoms with Crippen molar-refractivity contribution in [2.24, 2.45) is 5.92 Å². The monoisotopic (exact) mass is 459 g/mol. The van der Waals surface area contributed by atoms with Gasteiger partial charge >= 0.3 is 6.18 Å². The number of nitrogens with zero attached hydrogens (tertiary/aromatic N) is 5. The van der Waals surface area contributed by atoms with E-state index in [4.69, 9.17) is 0 Å². The zero-order valence-electron chi connectivity index (χ0n) is 17.5. The molecule has 0 aromatic carbocycles. The van der Waals surface area contributed by atoms with E-state index < -0.39 is 24.0 Å². The van der Waals surface area contributed by atoms with Gasteiger partial charge in [0.05, 0.1) is 17.1 Å². The van der Waals surface area contributed by atoms with E-state index in [9.17, 15) is 22.4 Å². The largest absolute Gasteiger partial charge is 0.433 e. The Morgan fingerprint density at radius 2 is 1.79 bits per heavy atom. The van der Waals surface area contributed by atoms with Crippen LogP contribution in [0.1, 0.15) is 25.0 Å². The Hall–Kier alpha value is -3.17. The zero-order valence-corrected chi connectivity index (χ0v) is 17.5. The van der Waals surface area contributed by atoms with Gasteiger partial charge in [0.15, 0.2) is 0 Å². The van der Waals surface area contributed by atoms with Gasteiger partial charge in [0.2, 0.25) is 5.91 Å². The molecule has 3 aromatic rings. The summed E-state index contributed by atoms with van der Waals surface area (Å²) in [5.41, 5.74) is 2.14. The SMILES string of the molecule is O=C([C@@H]1C[C@H]1F)N1C2CCC1CN(c1ccnn3cc(-c4ccc(C(F)(F)F)nc4)cc13)C2. The highest BCUT2D eigenvalue weighted by Crippen LogP contribution is 2.41. The van der Waals surface area contributed by atoms with Crippen molar-refractivity contribution in [1.29, 1.82) is 0 Å². The van der Waals surface area contributed by atoms with E-state index in [2.05, 4.69) is 15.0 Å². The third-order valence-corrected chi connectivity index (χ3v) is 6.98. The molecule has 6 rings (SSSR count). The normalized spacial score (nSPS) is 26.8. The number of aromatic nitrogens is 3. The molecule has 33 heavy (non-hydrogen) atoms. The third kappa shape index (κ3) is 3.43. The third-order valence-electron chi connectivity index (χ3n) is 6.98. The summed E-state index contributed by atoms with van der Waals surface area (Å²) in [6.07, 6.45) is 1.36. The second-order valence-electron chi connectivity index (χ2n) is 9.10. The fraction of sp³-hybridized carbons (Fsp3) is 0.435. The number of halogens is 4. The van der Waals surface area contributed by atoms with E-state index in [1.807, 2.05) is 17.0 Å². The first-order valence-corrected chi connectivity index (χ1v) is 11.0. The second kappa shape index (κ2) is 7.16. The summed E-state index contributed by atoms with van der Waals surface area (Å²) < 4.78 is 53.7. The summed E-state index contributed by atoms with van der Waals surface area (Å²) in [6, 6.07) is 6.31. The Morgan fingerprint density at radius 1 is 1.06 bits per heavy atom. The van der Waals surface area contributed by atoms with Crippen LogP contribution in [0.2, 0.25) is 0 Å². The molecule has 2 saturated heterocycles. The molecule has 5 heterocycles. The van der Waals surface area contributed by atoms with Crippen molar-refractivity contribution in [2.45, 2.75) is 43.7 Å². The molecule has 6 nitrogen and oxygen atoms in total. The van der Waals surface area contributed by atoms with Gasteiger partial charge in [-0.1, -0.05) is 6.07 Å². The first-order valence-electron chi connectivity index (χ1n) is 11.0. The van der Waals surface area contributed by atoms with Gasteiger partial charge in [0, 0.05) is 54.9 Å². The minimum atomic E-state index is -4.48. The van der Waals surface area contributed by atoms with Gasteiger partial charge in [-0.15, -0.1) is 0 Å². The lowest BCUT2D eigenvalue weighted by atomic mass is 10.1. The molecule has 1 aliphatic carbocycles. The minimum absolute atomic E-state index is 0.0469. The number of piperazine rings is 1. The minimum Gasteiger partial charge on any atom is -0.366 e. The summed E-state index contributed by atoms with van der Waals surface area (Å²) in [7, 11) is 0. The highest BCUT2D eigenvalue weighted by Gasteiger charge is 2.51. The summed E-state index contributed by atoms with van der Waals surface area (Å²) in [6.45, 7) is 1.32. The maximum absolute atomic E-state index is 13.5. The first-order chi connectivity index (χ1) is 15.8. The van der Waals surface area contributed by atoms with E-state index in [0.717, 1.165) is 35.7 Å². The number of alkyl halides is 4. The topological polar surface area (TPSA) is 53.7 Å². The molecule has 1 saturated carbocycles. The second-order valence-corrected chi connectivity index (χ2v) is 9.10. The maximum atomic E-state index is 13.5. The number of fused-ring (bicyclic) bond motifs is 3. The smallest absolute Gasteiger partial charge is 0.366 e. The molecule has 10 heteroatoms. The van der Waals surface area contributed by atoms with E-state index in [-0.39, 0.29) is 18.0 Å². The van der Waals surface area contributed by atoms with Crippen molar-refractivity contribution >= 4 is 17.1 Å². The number of anilines is 1. The lowest BCUT2D eigenvalue weighted by molar-refractivity contribution is -0.141. The Kier molecular flexibility index (Phi) is 4.44. The van der Waals surface area contributed by atoms with Crippen LogP contribution >= 0.6 is 0 Å². The van der Waals surface area contributed by atoms with E-state index in [1.165, 1.54) is 12.3 Å². The molecule has 0 spiro atoms. The van der Waals surface area contributed by atoms with Crippen LogP contribution < -0.4 is 4.90 Å². The number of carbonyl (C=O) groups is 1. The van der Waals surface area contributed by atoms with Crippen molar-refractivity contribution in [3.63, 3.8) is 0 Å². The molecule has 4 atom stereocenters. The van der Waals surface area contributed by atoms with E-state index in [0.29, 0.717) is 25.1 Å². The van der Waals surface area contributed by atoms with Gasteiger partial charge in [-0.3, -0.25) is 9.78 Å². The van der Waals surface area contributed by atoms with Crippen molar-refractivity contribution in [2.75, 3.05) is 18.0 Å². The van der Waals surface area contributed by atoms with Crippen LogP contribution in [-0.2, 0) is 11.0 Å². The molecule has 3 fully saturated rings. The molecule has 3 aliphatic rings. The molecular weight excluding hydrogens is 438 g/mol. The van der Waals surface area contributed by atoms with Crippen LogP contribution in [-0.4, -0.2) is 56.8 Å². The van der Waals surface area contributed by atoms with Crippen LogP contribution in [0.15, 0.2) is 42.9 Å². The van der Waals surface area contributed by atoms with Gasteiger partial charge in [-0.05, 0) is 37.5 Å². The van der Waals surface area contributed by atoms with Crippen molar-refractivity contribution in [3.8, 4) is 11.1 Å². The number of hydrogen-bond donors (Lipinski definition) is 0. The lowest BCUT2D eigenvalue weighted by Crippen LogP contribution is -2.56. The lowest BCUT2D eigenvalue weighted by Gasteiger charge is -2.42.